The summed E-state index contributed by atoms with van der Waals surface area (Å²) < 4.78 is 20.8. The van der Waals surface area contributed by atoms with Gasteiger partial charge in [0.25, 0.3) is 0 Å². The molecule has 0 amide bonds. The van der Waals surface area contributed by atoms with Gasteiger partial charge in [0, 0.05) is 19.3 Å². The fraction of sp³-hybridized carbons (Fsp3) is 0.739. The maximum Gasteiger partial charge on any atom is 0.469 e. The molecule has 0 spiro atoms. The average molecular weight is 440 g/mol. The van der Waals surface area contributed by atoms with Gasteiger partial charge in [-0.05, 0) is 73.5 Å². The van der Waals surface area contributed by atoms with Crippen LogP contribution >= 0.6 is 7.82 Å². The summed E-state index contributed by atoms with van der Waals surface area (Å²) in [6, 6.07) is 6.90. The van der Waals surface area contributed by atoms with Crippen LogP contribution in [-0.4, -0.2) is 35.6 Å². The number of benzene rings is 1. The number of ether oxygens (including phenoxy) is 1. The zero-order valence-corrected chi connectivity index (χ0v) is 19.1. The van der Waals surface area contributed by atoms with Crippen molar-refractivity contribution in [2.24, 2.45) is 11.7 Å². The van der Waals surface area contributed by atoms with E-state index in [1.807, 2.05) is 0 Å². The molecule has 1 saturated carbocycles. The molecule has 3 rings (SSSR count). The van der Waals surface area contributed by atoms with Crippen molar-refractivity contribution in [3.05, 3.63) is 34.9 Å². The third-order valence-corrected chi connectivity index (χ3v) is 7.37. The van der Waals surface area contributed by atoms with E-state index < -0.39 is 13.4 Å². The summed E-state index contributed by atoms with van der Waals surface area (Å²) in [5.74, 6) is 1.14. The summed E-state index contributed by atoms with van der Waals surface area (Å²) in [5, 5.41) is 0. The minimum Gasteiger partial charge on any atom is -0.385 e. The van der Waals surface area contributed by atoms with Crippen molar-refractivity contribution in [3.63, 3.8) is 0 Å². The van der Waals surface area contributed by atoms with E-state index in [0.29, 0.717) is 12.3 Å². The van der Waals surface area contributed by atoms with Gasteiger partial charge >= 0.3 is 7.82 Å². The summed E-state index contributed by atoms with van der Waals surface area (Å²) in [5.41, 5.74) is 9.99. The molecular formula is C23H38NO5P. The van der Waals surface area contributed by atoms with Crippen LogP contribution in [0.5, 0.6) is 0 Å². The van der Waals surface area contributed by atoms with Crippen molar-refractivity contribution >= 4 is 7.82 Å². The molecule has 7 heteroatoms. The number of unbranched alkanes of at least 4 members (excludes halogenated alkanes) is 3. The van der Waals surface area contributed by atoms with E-state index in [4.69, 9.17) is 24.8 Å². The Hall–Kier alpha value is -0.750. The first-order valence-corrected chi connectivity index (χ1v) is 12.9. The van der Waals surface area contributed by atoms with Crippen molar-refractivity contribution in [1.82, 2.24) is 0 Å². The lowest BCUT2D eigenvalue weighted by Crippen LogP contribution is -2.41. The second-order valence-corrected chi connectivity index (χ2v) is 10.6. The van der Waals surface area contributed by atoms with Crippen LogP contribution in [0.15, 0.2) is 18.2 Å². The molecule has 3 atom stereocenters. The van der Waals surface area contributed by atoms with Gasteiger partial charge in [-0.2, -0.15) is 0 Å². The van der Waals surface area contributed by atoms with Crippen molar-refractivity contribution in [3.8, 4) is 0 Å². The smallest absolute Gasteiger partial charge is 0.385 e. The Balaban J connectivity index is 1.49. The number of rotatable bonds is 11. The van der Waals surface area contributed by atoms with Crippen LogP contribution in [0.1, 0.15) is 80.4 Å². The Kier molecular flexibility index (Phi) is 8.54. The van der Waals surface area contributed by atoms with E-state index in [1.54, 1.807) is 7.11 Å². The molecule has 1 unspecified atom stereocenters. The van der Waals surface area contributed by atoms with E-state index >= 15 is 0 Å². The quantitative estimate of drug-likeness (QED) is 0.347. The Bertz CT molecular complexity index is 736. The molecule has 0 saturated heterocycles. The lowest BCUT2D eigenvalue weighted by atomic mass is 9.79. The van der Waals surface area contributed by atoms with Gasteiger partial charge in [0.1, 0.15) is 0 Å². The van der Waals surface area contributed by atoms with Crippen molar-refractivity contribution in [2.75, 3.05) is 20.3 Å². The highest BCUT2D eigenvalue weighted by Crippen LogP contribution is 2.44. The molecule has 1 fully saturated rings. The van der Waals surface area contributed by atoms with Crippen LogP contribution < -0.4 is 5.73 Å². The van der Waals surface area contributed by atoms with Gasteiger partial charge in [-0.15, -0.1) is 0 Å². The lowest BCUT2D eigenvalue weighted by molar-refractivity contribution is 0.153. The van der Waals surface area contributed by atoms with Gasteiger partial charge < -0.3 is 20.3 Å². The summed E-state index contributed by atoms with van der Waals surface area (Å²) >= 11 is 0. The average Bonchev–Trinajstić information content (AvgIpc) is 3.11. The molecule has 2 aliphatic rings. The molecular weight excluding hydrogens is 401 g/mol. The van der Waals surface area contributed by atoms with Gasteiger partial charge in [-0.3, -0.25) is 4.52 Å². The highest BCUT2D eigenvalue weighted by molar-refractivity contribution is 7.46. The zero-order chi connectivity index (χ0) is 21.6. The molecule has 0 bridgehead atoms. The lowest BCUT2D eigenvalue weighted by Gasteiger charge is -2.27. The Morgan fingerprint density at radius 2 is 1.97 bits per heavy atom. The molecule has 30 heavy (non-hydrogen) atoms. The van der Waals surface area contributed by atoms with Crippen LogP contribution in [-0.2, 0) is 26.7 Å². The van der Waals surface area contributed by atoms with Crippen LogP contribution in [0.3, 0.4) is 0 Å². The minimum atomic E-state index is -4.48. The SMILES string of the molecule is COCCCCCCC1CCc2cc([C@H]3CC[C@](N)(COP(=O)(O)O)C3)ccc2C1. The second-order valence-electron chi connectivity index (χ2n) is 9.40. The van der Waals surface area contributed by atoms with Crippen LogP contribution in [0.2, 0.25) is 0 Å². The van der Waals surface area contributed by atoms with Gasteiger partial charge in [0.2, 0.25) is 0 Å². The van der Waals surface area contributed by atoms with Crippen molar-refractivity contribution in [1.29, 1.82) is 0 Å². The molecule has 0 aliphatic heterocycles. The largest absolute Gasteiger partial charge is 0.469 e. The molecule has 170 valence electrons. The summed E-state index contributed by atoms with van der Waals surface area (Å²) in [6.45, 7) is 0.786. The Morgan fingerprint density at radius 3 is 2.73 bits per heavy atom. The molecule has 1 aromatic carbocycles. The normalized spacial score (nSPS) is 26.7. The van der Waals surface area contributed by atoms with E-state index in [-0.39, 0.29) is 6.61 Å². The molecule has 1 aromatic rings. The molecule has 0 aromatic heterocycles. The fourth-order valence-corrected chi connectivity index (χ4v) is 5.59. The summed E-state index contributed by atoms with van der Waals surface area (Å²) in [7, 11) is -2.71. The van der Waals surface area contributed by atoms with E-state index in [0.717, 1.165) is 31.8 Å². The number of aryl methyl sites for hydroxylation is 1. The summed E-state index contributed by atoms with van der Waals surface area (Å²) in [4.78, 5) is 17.9. The first-order chi connectivity index (χ1) is 14.3. The maximum atomic E-state index is 11.0. The van der Waals surface area contributed by atoms with E-state index in [9.17, 15) is 4.57 Å². The molecule has 2 aliphatic carbocycles. The highest BCUT2D eigenvalue weighted by atomic mass is 31.2. The van der Waals surface area contributed by atoms with Crippen molar-refractivity contribution < 1.29 is 23.6 Å². The third kappa shape index (κ3) is 7.15. The number of phosphoric acid groups is 1. The monoisotopic (exact) mass is 439 g/mol. The van der Waals surface area contributed by atoms with Crippen LogP contribution in [0, 0.1) is 5.92 Å². The number of nitrogens with two attached hydrogens (primary N) is 1. The third-order valence-electron chi connectivity index (χ3n) is 6.91. The van der Waals surface area contributed by atoms with E-state index in [1.165, 1.54) is 61.6 Å². The van der Waals surface area contributed by atoms with Crippen molar-refractivity contribution in [2.45, 2.75) is 82.1 Å². The predicted molar refractivity (Wildman–Crippen MR) is 118 cm³/mol. The van der Waals surface area contributed by atoms with Gasteiger partial charge in [0.05, 0.1) is 6.61 Å². The maximum absolute atomic E-state index is 11.0. The molecule has 0 radical (unpaired) electrons. The number of hydrogen-bond donors (Lipinski definition) is 3. The highest BCUT2D eigenvalue weighted by Gasteiger charge is 2.38. The Labute approximate surface area is 180 Å². The Morgan fingerprint density at radius 1 is 1.17 bits per heavy atom. The standard InChI is InChI=1S/C23H38NO5P/c1-28-13-5-3-2-4-6-18-7-8-20-15-21(10-9-19(20)14-18)22-11-12-23(24,16-22)17-29-30(25,26)27/h9-10,15,18,22H,2-8,11-14,16-17,24H2,1H3,(H2,25,26,27)/t18?,22-,23+/m0/s1. The summed E-state index contributed by atoms with van der Waals surface area (Å²) in [6.07, 6.45) is 12.4. The number of phosphoric ester groups is 1. The van der Waals surface area contributed by atoms with Gasteiger partial charge in [-0.1, -0.05) is 43.9 Å². The first kappa shape index (κ1) is 23.9. The van der Waals surface area contributed by atoms with Crippen LogP contribution in [0.4, 0.5) is 0 Å². The topological polar surface area (TPSA) is 102 Å². The van der Waals surface area contributed by atoms with Crippen LogP contribution in [0.25, 0.3) is 0 Å². The zero-order valence-electron chi connectivity index (χ0n) is 18.2. The minimum absolute atomic E-state index is 0.0914. The van der Waals surface area contributed by atoms with E-state index in [2.05, 4.69) is 18.2 Å². The molecule has 6 nitrogen and oxygen atoms in total. The predicted octanol–water partition coefficient (Wildman–Crippen LogP) is 4.46. The second kappa shape index (κ2) is 10.7. The fourth-order valence-electron chi connectivity index (χ4n) is 5.17. The molecule has 0 heterocycles. The number of methoxy groups -OCH3 is 1. The number of fused-ring (bicyclic) bond motifs is 1. The van der Waals surface area contributed by atoms with Gasteiger partial charge in [-0.25, -0.2) is 4.57 Å². The molecule has 4 N–H and O–H groups in total. The number of hydrogen-bond acceptors (Lipinski definition) is 4. The van der Waals surface area contributed by atoms with Gasteiger partial charge in [0.15, 0.2) is 0 Å². The first-order valence-electron chi connectivity index (χ1n) is 11.4.